The second kappa shape index (κ2) is 7.65. The molecule has 4 heteroatoms. The first-order chi connectivity index (χ1) is 10.5. The number of carbonyl (C=O) groups excluding carboxylic acids is 1. The zero-order chi connectivity index (χ0) is 16.1. The summed E-state index contributed by atoms with van der Waals surface area (Å²) in [6.07, 6.45) is 0.568. The highest BCUT2D eigenvalue weighted by Crippen LogP contribution is 2.29. The molecule has 0 aliphatic carbocycles. The lowest BCUT2D eigenvalue weighted by atomic mass is 10.1. The lowest BCUT2D eigenvalue weighted by Crippen LogP contribution is -2.25. The van der Waals surface area contributed by atoms with Crippen LogP contribution in [0.2, 0.25) is 0 Å². The van der Waals surface area contributed by atoms with Crippen molar-refractivity contribution in [3.8, 4) is 10.6 Å². The molecule has 0 N–H and O–H groups in total. The van der Waals surface area contributed by atoms with Gasteiger partial charge in [-0.1, -0.05) is 43.7 Å². The van der Waals surface area contributed by atoms with Crippen molar-refractivity contribution >= 4 is 17.1 Å². The highest BCUT2D eigenvalue weighted by atomic mass is 32.1. The van der Waals surface area contributed by atoms with Crippen LogP contribution in [-0.2, 0) is 0 Å². The Morgan fingerprint density at radius 3 is 2.36 bits per heavy atom. The molecule has 0 saturated carbocycles. The summed E-state index contributed by atoms with van der Waals surface area (Å²) >= 11 is 1.51. The molecule has 0 atom stereocenters. The van der Waals surface area contributed by atoms with Crippen LogP contribution >= 0.6 is 11.3 Å². The largest absolute Gasteiger partial charge is 0.303 e. The predicted molar refractivity (Wildman–Crippen MR) is 93.8 cm³/mol. The van der Waals surface area contributed by atoms with E-state index in [4.69, 9.17) is 0 Å². The average Bonchev–Trinajstić information content (AvgIpc) is 2.91. The second-order valence-electron chi connectivity index (χ2n) is 5.50. The van der Waals surface area contributed by atoms with Crippen molar-refractivity contribution in [2.45, 2.75) is 34.1 Å². The van der Waals surface area contributed by atoms with Crippen LogP contribution in [0.15, 0.2) is 24.3 Å². The van der Waals surface area contributed by atoms with Crippen LogP contribution in [0.5, 0.6) is 0 Å². The molecule has 0 radical (unpaired) electrons. The molecule has 0 saturated heterocycles. The van der Waals surface area contributed by atoms with Crippen LogP contribution in [0.25, 0.3) is 10.6 Å². The summed E-state index contributed by atoms with van der Waals surface area (Å²) < 4.78 is 0. The summed E-state index contributed by atoms with van der Waals surface area (Å²) in [6.45, 7) is 11.0. The van der Waals surface area contributed by atoms with Crippen molar-refractivity contribution in [2.75, 3.05) is 19.6 Å². The van der Waals surface area contributed by atoms with Crippen LogP contribution in [-0.4, -0.2) is 35.3 Å². The van der Waals surface area contributed by atoms with Crippen LogP contribution in [0.1, 0.15) is 41.2 Å². The van der Waals surface area contributed by atoms with Gasteiger partial charge in [0.1, 0.15) is 5.01 Å². The third-order valence-corrected chi connectivity index (χ3v) is 5.15. The van der Waals surface area contributed by atoms with Crippen LogP contribution in [0.4, 0.5) is 0 Å². The van der Waals surface area contributed by atoms with Gasteiger partial charge < -0.3 is 4.90 Å². The molecule has 0 amide bonds. The van der Waals surface area contributed by atoms with Gasteiger partial charge in [0.2, 0.25) is 0 Å². The zero-order valence-electron chi connectivity index (χ0n) is 13.8. The van der Waals surface area contributed by atoms with Crippen molar-refractivity contribution < 1.29 is 4.79 Å². The minimum absolute atomic E-state index is 0.209. The molecule has 118 valence electrons. The number of carbonyl (C=O) groups is 1. The van der Waals surface area contributed by atoms with E-state index in [0.717, 1.165) is 40.8 Å². The lowest BCUT2D eigenvalue weighted by Gasteiger charge is -2.16. The molecule has 2 aromatic rings. The molecule has 22 heavy (non-hydrogen) atoms. The summed E-state index contributed by atoms with van der Waals surface area (Å²) in [7, 11) is 0. The molecule has 0 aliphatic rings. The van der Waals surface area contributed by atoms with E-state index >= 15 is 0 Å². The van der Waals surface area contributed by atoms with Gasteiger partial charge in [-0.3, -0.25) is 4.79 Å². The van der Waals surface area contributed by atoms with Crippen LogP contribution < -0.4 is 0 Å². The van der Waals surface area contributed by atoms with Crippen molar-refractivity contribution in [2.24, 2.45) is 0 Å². The van der Waals surface area contributed by atoms with Gasteiger partial charge in [0.15, 0.2) is 5.78 Å². The Bertz CT molecular complexity index is 627. The number of aryl methyl sites for hydroxylation is 2. The van der Waals surface area contributed by atoms with Gasteiger partial charge in [-0.05, 0) is 26.9 Å². The minimum Gasteiger partial charge on any atom is -0.303 e. The standard InChI is InChI=1S/C18H24N2OS/c1-5-20(6-2)12-11-16(21)17-14(4)19-18(22-17)15-9-7-13(3)8-10-15/h7-10H,5-6,11-12H2,1-4H3. The first-order valence-electron chi connectivity index (χ1n) is 7.85. The van der Waals surface area contributed by atoms with Gasteiger partial charge >= 0.3 is 0 Å². The molecule has 0 unspecified atom stereocenters. The number of aromatic nitrogens is 1. The maximum Gasteiger partial charge on any atom is 0.175 e. The minimum atomic E-state index is 0.209. The molecular formula is C18H24N2OS. The van der Waals surface area contributed by atoms with E-state index in [-0.39, 0.29) is 5.78 Å². The van der Waals surface area contributed by atoms with Gasteiger partial charge in [0.25, 0.3) is 0 Å². The smallest absolute Gasteiger partial charge is 0.175 e. The van der Waals surface area contributed by atoms with Crippen molar-refractivity contribution in [1.82, 2.24) is 9.88 Å². The van der Waals surface area contributed by atoms with Crippen molar-refractivity contribution in [3.05, 3.63) is 40.4 Å². The summed E-state index contributed by atoms with van der Waals surface area (Å²) in [6, 6.07) is 8.29. The number of Topliss-reactive ketones (excluding diaryl/α,β-unsaturated/α-hetero) is 1. The molecule has 0 aliphatic heterocycles. The van der Waals surface area contributed by atoms with E-state index in [2.05, 4.69) is 54.9 Å². The topological polar surface area (TPSA) is 33.2 Å². The molecule has 2 rings (SSSR count). The number of hydrogen-bond acceptors (Lipinski definition) is 4. The molecule has 1 heterocycles. The molecule has 0 bridgehead atoms. The van der Waals surface area contributed by atoms with Crippen molar-refractivity contribution in [1.29, 1.82) is 0 Å². The average molecular weight is 316 g/mol. The highest BCUT2D eigenvalue weighted by molar-refractivity contribution is 7.17. The lowest BCUT2D eigenvalue weighted by molar-refractivity contribution is 0.0969. The van der Waals surface area contributed by atoms with Gasteiger partial charge in [0, 0.05) is 18.5 Å². The van der Waals surface area contributed by atoms with Gasteiger partial charge in [-0.15, -0.1) is 11.3 Å². The van der Waals surface area contributed by atoms with E-state index < -0.39 is 0 Å². The molecular weight excluding hydrogens is 292 g/mol. The summed E-state index contributed by atoms with van der Waals surface area (Å²) in [4.78, 5) is 20.1. The van der Waals surface area contributed by atoms with Gasteiger partial charge in [-0.2, -0.15) is 0 Å². The Morgan fingerprint density at radius 2 is 1.77 bits per heavy atom. The Balaban J connectivity index is 2.12. The first kappa shape index (κ1) is 16.8. The monoisotopic (exact) mass is 316 g/mol. The Kier molecular flexibility index (Phi) is 5.86. The SMILES string of the molecule is CCN(CC)CCC(=O)c1sc(-c2ccc(C)cc2)nc1C. The highest BCUT2D eigenvalue weighted by Gasteiger charge is 2.16. The Hall–Kier alpha value is -1.52. The third kappa shape index (κ3) is 4.02. The number of hydrogen-bond donors (Lipinski definition) is 0. The molecule has 1 aromatic carbocycles. The Labute approximate surface area is 137 Å². The number of rotatable bonds is 7. The van der Waals surface area contributed by atoms with Crippen LogP contribution in [0.3, 0.4) is 0 Å². The molecule has 3 nitrogen and oxygen atoms in total. The number of thiazole rings is 1. The number of nitrogens with zero attached hydrogens (tertiary/aromatic N) is 2. The summed E-state index contributed by atoms with van der Waals surface area (Å²) in [5, 5.41) is 0.934. The van der Waals surface area contributed by atoms with Gasteiger partial charge in [0.05, 0.1) is 10.6 Å². The van der Waals surface area contributed by atoms with E-state index in [1.165, 1.54) is 16.9 Å². The normalized spacial score (nSPS) is 11.1. The Morgan fingerprint density at radius 1 is 1.14 bits per heavy atom. The predicted octanol–water partition coefficient (Wildman–Crippen LogP) is 4.34. The van der Waals surface area contributed by atoms with E-state index in [9.17, 15) is 4.79 Å². The summed E-state index contributed by atoms with van der Waals surface area (Å²) in [5.41, 5.74) is 3.17. The fraction of sp³-hybridized carbons (Fsp3) is 0.444. The van der Waals surface area contributed by atoms with E-state index in [1.807, 2.05) is 6.92 Å². The van der Waals surface area contributed by atoms with E-state index in [0.29, 0.717) is 6.42 Å². The van der Waals surface area contributed by atoms with Gasteiger partial charge in [-0.25, -0.2) is 4.98 Å². The molecule has 0 spiro atoms. The van der Waals surface area contributed by atoms with E-state index in [1.54, 1.807) is 0 Å². The quantitative estimate of drug-likeness (QED) is 0.712. The van der Waals surface area contributed by atoms with Crippen molar-refractivity contribution in [3.63, 3.8) is 0 Å². The zero-order valence-corrected chi connectivity index (χ0v) is 14.7. The number of ketones is 1. The maximum atomic E-state index is 12.4. The molecule has 1 aromatic heterocycles. The maximum absolute atomic E-state index is 12.4. The fourth-order valence-corrected chi connectivity index (χ4v) is 3.43. The first-order valence-corrected chi connectivity index (χ1v) is 8.66. The fourth-order valence-electron chi connectivity index (χ4n) is 2.39. The second-order valence-corrected chi connectivity index (χ2v) is 6.50. The summed E-state index contributed by atoms with van der Waals surface area (Å²) in [5.74, 6) is 0.209. The van der Waals surface area contributed by atoms with Crippen LogP contribution in [0, 0.1) is 13.8 Å². The molecule has 0 fully saturated rings. The number of benzene rings is 1. The third-order valence-electron chi connectivity index (χ3n) is 3.90.